The Hall–Kier alpha value is -1.71. The number of nitrogens with zero attached hydrogens (tertiary/aromatic N) is 4. The molecule has 0 unspecified atom stereocenters. The van der Waals surface area contributed by atoms with Crippen LogP contribution in [0.2, 0.25) is 0 Å². The Labute approximate surface area is 186 Å². The van der Waals surface area contributed by atoms with Crippen LogP contribution in [-0.4, -0.2) is 81.8 Å². The van der Waals surface area contributed by atoms with Crippen molar-refractivity contribution in [3.8, 4) is 0 Å². The standard InChI is InChI=1S/C20H33N5O2.HI/c1-4-27-20(26)25-16-14-24(15-17-25)19(21-2)22-12-8-9-13-23(3)18-10-6-5-7-11-18;/h5-7,10-11H,4,8-9,12-17H2,1-3H3,(H,21,22);1H. The van der Waals surface area contributed by atoms with Crippen molar-refractivity contribution in [1.29, 1.82) is 0 Å². The van der Waals surface area contributed by atoms with Crippen LogP contribution >= 0.6 is 24.0 Å². The maximum absolute atomic E-state index is 11.8. The summed E-state index contributed by atoms with van der Waals surface area (Å²) < 4.78 is 5.07. The lowest BCUT2D eigenvalue weighted by atomic mass is 10.2. The number of unbranched alkanes of at least 4 members (excludes halogenated alkanes) is 1. The average molecular weight is 503 g/mol. The van der Waals surface area contributed by atoms with Gasteiger partial charge in [0, 0.05) is 59.1 Å². The first-order valence-electron chi connectivity index (χ1n) is 9.79. The summed E-state index contributed by atoms with van der Waals surface area (Å²) in [6.45, 7) is 7.06. The molecule has 0 bridgehead atoms. The zero-order chi connectivity index (χ0) is 19.5. The first-order chi connectivity index (χ1) is 13.2. The van der Waals surface area contributed by atoms with E-state index in [-0.39, 0.29) is 30.1 Å². The number of carbonyl (C=O) groups is 1. The molecule has 1 heterocycles. The van der Waals surface area contributed by atoms with Gasteiger partial charge < -0.3 is 24.8 Å². The highest BCUT2D eigenvalue weighted by Crippen LogP contribution is 2.11. The Balaban J connectivity index is 0.00000392. The molecule has 1 saturated heterocycles. The molecule has 1 aromatic carbocycles. The average Bonchev–Trinajstić information content (AvgIpc) is 2.71. The van der Waals surface area contributed by atoms with Crippen LogP contribution in [0.25, 0.3) is 0 Å². The van der Waals surface area contributed by atoms with Crippen LogP contribution in [0.4, 0.5) is 10.5 Å². The highest BCUT2D eigenvalue weighted by Gasteiger charge is 2.23. The van der Waals surface area contributed by atoms with Crippen LogP contribution in [-0.2, 0) is 4.74 Å². The fourth-order valence-corrected chi connectivity index (χ4v) is 3.13. The van der Waals surface area contributed by atoms with Crippen LogP contribution in [0.15, 0.2) is 35.3 Å². The number of nitrogens with one attached hydrogen (secondary N) is 1. The minimum atomic E-state index is -0.220. The van der Waals surface area contributed by atoms with E-state index >= 15 is 0 Å². The molecule has 0 spiro atoms. The lowest BCUT2D eigenvalue weighted by Crippen LogP contribution is -2.54. The molecule has 2 rings (SSSR count). The topological polar surface area (TPSA) is 60.4 Å². The molecule has 8 heteroatoms. The second-order valence-corrected chi connectivity index (χ2v) is 6.61. The molecule has 158 valence electrons. The van der Waals surface area contributed by atoms with Crippen LogP contribution in [0.5, 0.6) is 0 Å². The third kappa shape index (κ3) is 7.73. The maximum atomic E-state index is 11.8. The number of guanidine groups is 1. The highest BCUT2D eigenvalue weighted by atomic mass is 127. The number of halogens is 1. The van der Waals surface area contributed by atoms with Gasteiger partial charge in [0.1, 0.15) is 0 Å². The van der Waals surface area contributed by atoms with Gasteiger partial charge in [0.2, 0.25) is 0 Å². The first kappa shape index (κ1) is 24.3. The van der Waals surface area contributed by atoms with E-state index in [2.05, 4.69) is 51.4 Å². The molecule has 0 radical (unpaired) electrons. The normalized spacial score (nSPS) is 14.3. The van der Waals surface area contributed by atoms with Crippen molar-refractivity contribution in [2.75, 3.05) is 64.9 Å². The fraction of sp³-hybridized carbons (Fsp3) is 0.600. The summed E-state index contributed by atoms with van der Waals surface area (Å²) in [6.07, 6.45) is 1.98. The SMILES string of the molecule is CCOC(=O)N1CCN(C(=NC)NCCCCN(C)c2ccccc2)CC1.I. The summed E-state index contributed by atoms with van der Waals surface area (Å²) in [5.74, 6) is 0.912. The van der Waals surface area contributed by atoms with Gasteiger partial charge in [-0.1, -0.05) is 18.2 Å². The van der Waals surface area contributed by atoms with E-state index in [1.54, 1.807) is 4.90 Å². The van der Waals surface area contributed by atoms with Crippen molar-refractivity contribution in [3.05, 3.63) is 30.3 Å². The van der Waals surface area contributed by atoms with Gasteiger partial charge >= 0.3 is 6.09 Å². The fourth-order valence-electron chi connectivity index (χ4n) is 3.13. The molecule has 0 atom stereocenters. The van der Waals surface area contributed by atoms with Gasteiger partial charge in [0.15, 0.2) is 5.96 Å². The maximum Gasteiger partial charge on any atom is 0.409 e. The zero-order valence-electron chi connectivity index (χ0n) is 17.3. The quantitative estimate of drug-likeness (QED) is 0.269. The van der Waals surface area contributed by atoms with Gasteiger partial charge in [-0.25, -0.2) is 4.79 Å². The monoisotopic (exact) mass is 503 g/mol. The van der Waals surface area contributed by atoms with Crippen LogP contribution < -0.4 is 10.2 Å². The second kappa shape index (κ2) is 13.5. The van der Waals surface area contributed by atoms with E-state index < -0.39 is 0 Å². The van der Waals surface area contributed by atoms with Gasteiger partial charge in [0.25, 0.3) is 0 Å². The van der Waals surface area contributed by atoms with Crippen LogP contribution in [0, 0.1) is 0 Å². The number of anilines is 1. The minimum Gasteiger partial charge on any atom is -0.450 e. The number of hydrogen-bond acceptors (Lipinski definition) is 4. The second-order valence-electron chi connectivity index (χ2n) is 6.61. The summed E-state index contributed by atoms with van der Waals surface area (Å²) in [7, 11) is 3.94. The van der Waals surface area contributed by atoms with Gasteiger partial charge in [-0.2, -0.15) is 0 Å². The summed E-state index contributed by atoms with van der Waals surface area (Å²) in [5, 5.41) is 3.44. The molecule has 0 saturated carbocycles. The molecular formula is C20H34IN5O2. The number of ether oxygens (including phenoxy) is 1. The Morgan fingerprint density at radius 2 is 1.79 bits per heavy atom. The summed E-state index contributed by atoms with van der Waals surface area (Å²) in [4.78, 5) is 22.4. The predicted octanol–water partition coefficient (Wildman–Crippen LogP) is 2.87. The van der Waals surface area contributed by atoms with Crippen molar-refractivity contribution in [1.82, 2.24) is 15.1 Å². The molecule has 1 amide bonds. The smallest absolute Gasteiger partial charge is 0.409 e. The molecular weight excluding hydrogens is 469 g/mol. The summed E-state index contributed by atoms with van der Waals surface area (Å²) >= 11 is 0. The third-order valence-electron chi connectivity index (χ3n) is 4.72. The Morgan fingerprint density at radius 1 is 1.14 bits per heavy atom. The molecule has 1 fully saturated rings. The molecule has 1 aliphatic heterocycles. The van der Waals surface area contributed by atoms with Crippen molar-refractivity contribution >= 4 is 41.7 Å². The first-order valence-corrected chi connectivity index (χ1v) is 9.79. The van der Waals surface area contributed by atoms with E-state index in [1.165, 1.54) is 5.69 Å². The number of aliphatic imine (C=N–C) groups is 1. The van der Waals surface area contributed by atoms with Gasteiger partial charge in [-0.15, -0.1) is 24.0 Å². The van der Waals surface area contributed by atoms with Crippen LogP contribution in [0.1, 0.15) is 19.8 Å². The van der Waals surface area contributed by atoms with Crippen LogP contribution in [0.3, 0.4) is 0 Å². The Kier molecular flexibility index (Phi) is 11.7. The third-order valence-corrected chi connectivity index (χ3v) is 4.72. The van der Waals surface area contributed by atoms with Gasteiger partial charge in [-0.05, 0) is 31.9 Å². The number of piperazine rings is 1. The van der Waals surface area contributed by atoms with E-state index in [0.717, 1.165) is 45.0 Å². The Bertz CT molecular complexity index is 592. The molecule has 1 aromatic rings. The highest BCUT2D eigenvalue weighted by molar-refractivity contribution is 14.0. The molecule has 0 aromatic heterocycles. The number of benzene rings is 1. The Morgan fingerprint density at radius 3 is 2.39 bits per heavy atom. The number of rotatable bonds is 7. The van der Waals surface area contributed by atoms with Crippen molar-refractivity contribution in [2.24, 2.45) is 4.99 Å². The van der Waals surface area contributed by atoms with Crippen molar-refractivity contribution in [2.45, 2.75) is 19.8 Å². The molecule has 1 aliphatic rings. The van der Waals surface area contributed by atoms with E-state index in [9.17, 15) is 4.79 Å². The lowest BCUT2D eigenvalue weighted by molar-refractivity contribution is 0.0914. The number of hydrogen-bond donors (Lipinski definition) is 1. The summed E-state index contributed by atoms with van der Waals surface area (Å²) in [5.41, 5.74) is 1.25. The van der Waals surface area contributed by atoms with Crippen molar-refractivity contribution in [3.63, 3.8) is 0 Å². The minimum absolute atomic E-state index is 0. The number of carbonyl (C=O) groups excluding carboxylic acids is 1. The molecule has 1 N–H and O–H groups in total. The number of para-hydroxylation sites is 1. The molecule has 0 aliphatic carbocycles. The van der Waals surface area contributed by atoms with Gasteiger partial charge in [0.05, 0.1) is 6.61 Å². The van der Waals surface area contributed by atoms with E-state index in [4.69, 9.17) is 4.74 Å². The largest absolute Gasteiger partial charge is 0.450 e. The number of amides is 1. The molecule has 28 heavy (non-hydrogen) atoms. The zero-order valence-corrected chi connectivity index (χ0v) is 19.6. The lowest BCUT2D eigenvalue weighted by Gasteiger charge is -2.35. The van der Waals surface area contributed by atoms with Gasteiger partial charge in [-0.3, -0.25) is 4.99 Å². The molecule has 7 nitrogen and oxygen atoms in total. The summed E-state index contributed by atoms with van der Waals surface area (Å²) in [6, 6.07) is 10.4. The van der Waals surface area contributed by atoms with Crippen molar-refractivity contribution < 1.29 is 9.53 Å². The van der Waals surface area contributed by atoms with E-state index in [1.807, 2.05) is 20.0 Å². The predicted molar refractivity (Wildman–Crippen MR) is 126 cm³/mol. The van der Waals surface area contributed by atoms with E-state index in [0.29, 0.717) is 19.7 Å².